The molecule has 0 spiro atoms. The summed E-state index contributed by atoms with van der Waals surface area (Å²) in [5.74, 6) is -1.07. The summed E-state index contributed by atoms with van der Waals surface area (Å²) in [5.41, 5.74) is -0.433. The van der Waals surface area contributed by atoms with E-state index in [0.29, 0.717) is 13.1 Å². The maximum absolute atomic E-state index is 12.6. The van der Waals surface area contributed by atoms with Crippen LogP contribution in [0.2, 0.25) is 0 Å². The minimum Gasteiger partial charge on any atom is -0.481 e. The number of piperidine rings is 1. The minimum atomic E-state index is -0.868. The Morgan fingerprint density at radius 1 is 1.30 bits per heavy atom. The van der Waals surface area contributed by atoms with Crippen LogP contribution in [0, 0.1) is 17.3 Å². The van der Waals surface area contributed by atoms with E-state index in [0.717, 1.165) is 18.7 Å². The topological polar surface area (TPSA) is 95.4 Å². The molecule has 23 heavy (non-hydrogen) atoms. The Morgan fingerprint density at radius 2 is 2.00 bits per heavy atom. The second-order valence-corrected chi connectivity index (χ2v) is 6.97. The van der Waals surface area contributed by atoms with Gasteiger partial charge in [-0.1, -0.05) is 13.8 Å². The third-order valence-corrected chi connectivity index (χ3v) is 5.09. The summed E-state index contributed by atoms with van der Waals surface area (Å²) >= 11 is 0. The lowest BCUT2D eigenvalue weighted by molar-refractivity contribution is -0.142. The largest absolute Gasteiger partial charge is 0.481 e. The molecule has 2 aliphatic rings. The van der Waals surface area contributed by atoms with Crippen LogP contribution in [0.3, 0.4) is 0 Å². The van der Waals surface area contributed by atoms with Gasteiger partial charge in [-0.25, -0.2) is 0 Å². The summed E-state index contributed by atoms with van der Waals surface area (Å²) in [6, 6.07) is 3.96. The van der Waals surface area contributed by atoms with Gasteiger partial charge in [0.1, 0.15) is 5.82 Å². The number of nitrogens with one attached hydrogen (secondary N) is 1. The molecule has 0 bridgehead atoms. The lowest BCUT2D eigenvalue weighted by atomic mass is 10.0. The molecule has 1 amide bonds. The number of rotatable bonds is 4. The fourth-order valence-electron chi connectivity index (χ4n) is 3.59. The standard InChI is InChI=1S/C16H22N4O3/c1-16(2)12(13(16)15(22)23)14(21)20-8-5-10(6-9-20)18-11-4-3-7-17-19-11/h3-4,7,10,12-13H,5-6,8-9H2,1-2H3,(H,18,19)(H,22,23)/t12-,13+/m1/s1. The molecule has 1 aliphatic carbocycles. The van der Waals surface area contributed by atoms with Gasteiger partial charge in [0.05, 0.1) is 11.8 Å². The molecule has 2 fully saturated rings. The van der Waals surface area contributed by atoms with Crippen molar-refractivity contribution in [2.24, 2.45) is 17.3 Å². The van der Waals surface area contributed by atoms with Crippen molar-refractivity contribution in [3.8, 4) is 0 Å². The van der Waals surface area contributed by atoms with Gasteiger partial charge >= 0.3 is 5.97 Å². The first-order chi connectivity index (χ1) is 10.9. The minimum absolute atomic E-state index is 0.0136. The number of nitrogens with zero attached hydrogens (tertiary/aromatic N) is 3. The average molecular weight is 318 g/mol. The van der Waals surface area contributed by atoms with Crippen LogP contribution in [0.25, 0.3) is 0 Å². The first-order valence-corrected chi connectivity index (χ1v) is 7.97. The third kappa shape index (κ3) is 3.00. The smallest absolute Gasteiger partial charge is 0.307 e. The quantitative estimate of drug-likeness (QED) is 0.867. The van der Waals surface area contributed by atoms with Gasteiger partial charge < -0.3 is 15.3 Å². The van der Waals surface area contributed by atoms with Gasteiger partial charge in [0.15, 0.2) is 0 Å². The Hall–Kier alpha value is -2.18. The molecule has 7 nitrogen and oxygen atoms in total. The number of carboxylic acid groups (broad SMARTS) is 1. The van der Waals surface area contributed by atoms with Gasteiger partial charge in [-0.05, 0) is 30.4 Å². The molecule has 0 aromatic carbocycles. The Morgan fingerprint density at radius 3 is 2.52 bits per heavy atom. The number of hydrogen-bond donors (Lipinski definition) is 2. The molecule has 1 aromatic heterocycles. The van der Waals surface area contributed by atoms with Gasteiger partial charge in [-0.15, -0.1) is 5.10 Å². The van der Waals surface area contributed by atoms with E-state index in [1.807, 2.05) is 30.9 Å². The molecule has 0 unspecified atom stereocenters. The van der Waals surface area contributed by atoms with E-state index in [4.69, 9.17) is 0 Å². The number of carbonyl (C=O) groups is 2. The van der Waals surface area contributed by atoms with Crippen molar-refractivity contribution < 1.29 is 14.7 Å². The summed E-state index contributed by atoms with van der Waals surface area (Å²) in [6.07, 6.45) is 3.28. The van der Waals surface area contributed by atoms with E-state index in [-0.39, 0.29) is 17.9 Å². The fourth-order valence-corrected chi connectivity index (χ4v) is 3.59. The van der Waals surface area contributed by atoms with Crippen LogP contribution in [0.5, 0.6) is 0 Å². The zero-order valence-corrected chi connectivity index (χ0v) is 13.4. The molecule has 2 atom stereocenters. The predicted octanol–water partition coefficient (Wildman–Crippen LogP) is 1.24. The lowest BCUT2D eigenvalue weighted by Crippen LogP contribution is -2.43. The van der Waals surface area contributed by atoms with Crippen LogP contribution in [-0.2, 0) is 9.59 Å². The maximum Gasteiger partial charge on any atom is 0.307 e. The Labute approximate surface area is 135 Å². The van der Waals surface area contributed by atoms with Crippen molar-refractivity contribution >= 4 is 17.7 Å². The molecule has 0 radical (unpaired) electrons. The van der Waals surface area contributed by atoms with Crippen LogP contribution < -0.4 is 5.32 Å². The SMILES string of the molecule is CC1(C)[C@H](C(=O)O)[C@@H]1C(=O)N1CCC(Nc2cccnn2)CC1. The number of likely N-dealkylation sites (tertiary alicyclic amines) is 1. The van der Waals surface area contributed by atoms with Gasteiger partial charge in [-0.2, -0.15) is 5.10 Å². The predicted molar refractivity (Wildman–Crippen MR) is 83.7 cm³/mol. The van der Waals surface area contributed by atoms with Gasteiger partial charge in [-0.3, -0.25) is 9.59 Å². The number of amides is 1. The summed E-state index contributed by atoms with van der Waals surface area (Å²) in [6.45, 7) is 5.01. The highest BCUT2D eigenvalue weighted by molar-refractivity contribution is 5.91. The highest BCUT2D eigenvalue weighted by Gasteiger charge is 2.66. The normalized spacial score (nSPS) is 26.6. The van der Waals surface area contributed by atoms with Gasteiger partial charge in [0.2, 0.25) is 5.91 Å². The van der Waals surface area contributed by atoms with Gasteiger partial charge in [0.25, 0.3) is 0 Å². The second-order valence-electron chi connectivity index (χ2n) is 6.97. The second kappa shape index (κ2) is 5.79. The van der Waals surface area contributed by atoms with Crippen LogP contribution in [-0.4, -0.2) is 51.2 Å². The summed E-state index contributed by atoms with van der Waals surface area (Å²) < 4.78 is 0. The van der Waals surface area contributed by atoms with Gasteiger partial charge in [0, 0.05) is 25.3 Å². The summed E-state index contributed by atoms with van der Waals surface area (Å²) in [7, 11) is 0. The van der Waals surface area contributed by atoms with E-state index in [1.54, 1.807) is 6.20 Å². The van der Waals surface area contributed by atoms with Crippen molar-refractivity contribution in [2.45, 2.75) is 32.7 Å². The number of hydrogen-bond acceptors (Lipinski definition) is 5. The Kier molecular flexibility index (Phi) is 3.95. The average Bonchev–Trinajstić information content (AvgIpc) is 3.11. The van der Waals surface area contributed by atoms with E-state index in [1.165, 1.54) is 0 Å². The maximum atomic E-state index is 12.6. The fraction of sp³-hybridized carbons (Fsp3) is 0.625. The van der Waals surface area contributed by atoms with E-state index < -0.39 is 17.3 Å². The number of carbonyl (C=O) groups excluding carboxylic acids is 1. The molecule has 1 saturated carbocycles. The highest BCUT2D eigenvalue weighted by Crippen LogP contribution is 2.59. The van der Waals surface area contributed by atoms with Crippen molar-refractivity contribution in [1.29, 1.82) is 0 Å². The lowest BCUT2D eigenvalue weighted by Gasteiger charge is -2.33. The monoisotopic (exact) mass is 318 g/mol. The van der Waals surface area contributed by atoms with E-state index >= 15 is 0 Å². The zero-order chi connectivity index (χ0) is 16.6. The number of aromatic nitrogens is 2. The van der Waals surface area contributed by atoms with Crippen LogP contribution in [0.4, 0.5) is 5.82 Å². The molecule has 2 heterocycles. The number of aliphatic carboxylic acids is 1. The first-order valence-electron chi connectivity index (χ1n) is 7.97. The molecule has 3 rings (SSSR count). The Bertz CT molecular complexity index is 597. The molecule has 1 aromatic rings. The first kappa shape index (κ1) is 15.7. The molecule has 1 saturated heterocycles. The molecule has 1 aliphatic heterocycles. The summed E-state index contributed by atoms with van der Waals surface area (Å²) in [5, 5.41) is 20.4. The molecular weight excluding hydrogens is 296 g/mol. The summed E-state index contributed by atoms with van der Waals surface area (Å²) in [4.78, 5) is 25.6. The van der Waals surface area contributed by atoms with Crippen molar-refractivity contribution in [2.75, 3.05) is 18.4 Å². The molecule has 124 valence electrons. The van der Waals surface area contributed by atoms with Crippen LogP contribution >= 0.6 is 0 Å². The highest BCUT2D eigenvalue weighted by atomic mass is 16.4. The third-order valence-electron chi connectivity index (χ3n) is 5.09. The van der Waals surface area contributed by atoms with E-state index in [9.17, 15) is 14.7 Å². The van der Waals surface area contributed by atoms with Crippen molar-refractivity contribution in [3.05, 3.63) is 18.3 Å². The molecule has 2 N–H and O–H groups in total. The van der Waals surface area contributed by atoms with E-state index in [2.05, 4.69) is 15.5 Å². The molecular formula is C16H22N4O3. The number of carboxylic acids is 1. The molecule has 7 heteroatoms. The Balaban J connectivity index is 1.53. The van der Waals surface area contributed by atoms with Crippen molar-refractivity contribution in [1.82, 2.24) is 15.1 Å². The van der Waals surface area contributed by atoms with Crippen LogP contribution in [0.15, 0.2) is 18.3 Å². The van der Waals surface area contributed by atoms with Crippen molar-refractivity contribution in [3.63, 3.8) is 0 Å². The zero-order valence-electron chi connectivity index (χ0n) is 13.4. The number of anilines is 1. The van der Waals surface area contributed by atoms with Crippen LogP contribution in [0.1, 0.15) is 26.7 Å².